The van der Waals surface area contributed by atoms with E-state index in [2.05, 4.69) is 9.99 Å². The first-order valence-corrected chi connectivity index (χ1v) is 4.66. The number of nitrogens with zero attached hydrogens (tertiary/aromatic N) is 1. The maximum atomic E-state index is 8.83. The van der Waals surface area contributed by atoms with E-state index in [1.807, 2.05) is 20.8 Å². The second-order valence-electron chi connectivity index (χ2n) is 3.53. The van der Waals surface area contributed by atoms with E-state index in [0.29, 0.717) is 0 Å². The maximum absolute atomic E-state index is 8.83. The van der Waals surface area contributed by atoms with E-state index in [1.54, 1.807) is 21.0 Å². The molecule has 0 atom stereocenters. The lowest BCUT2D eigenvalue weighted by atomic mass is 10.1. The molecule has 0 spiro atoms. The third kappa shape index (κ3) is 18.4. The van der Waals surface area contributed by atoms with Gasteiger partial charge in [0.25, 0.3) is 0 Å². The van der Waals surface area contributed by atoms with Gasteiger partial charge < -0.3 is 9.94 Å². The second kappa shape index (κ2) is 8.05. The van der Waals surface area contributed by atoms with E-state index in [9.17, 15) is 0 Å². The van der Waals surface area contributed by atoms with Crippen molar-refractivity contribution in [2.75, 3.05) is 7.11 Å². The molecule has 0 fully saturated rings. The van der Waals surface area contributed by atoms with Gasteiger partial charge in [-0.3, -0.25) is 0 Å². The number of rotatable bonds is 3. The van der Waals surface area contributed by atoms with Crippen molar-refractivity contribution < 1.29 is 9.94 Å². The molecule has 0 aromatic carbocycles. The number of hydrogen-bond donors (Lipinski definition) is 1. The van der Waals surface area contributed by atoms with Gasteiger partial charge >= 0.3 is 0 Å². The van der Waals surface area contributed by atoms with Crippen LogP contribution < -0.4 is 0 Å². The predicted molar refractivity (Wildman–Crippen MR) is 57.0 cm³/mol. The average Bonchev–Trinajstić information content (AvgIpc) is 2.05. The SMILES string of the molecule is CC/C(C)=N/OC.CCC(C)(C)O. The molecule has 3 nitrogen and oxygen atoms in total. The van der Waals surface area contributed by atoms with E-state index >= 15 is 0 Å². The van der Waals surface area contributed by atoms with Crippen LogP contribution in [0.3, 0.4) is 0 Å². The minimum Gasteiger partial charge on any atom is -0.399 e. The minimum absolute atomic E-state index is 0.458. The zero-order valence-electron chi connectivity index (χ0n) is 9.72. The summed E-state index contributed by atoms with van der Waals surface area (Å²) >= 11 is 0. The van der Waals surface area contributed by atoms with Crippen molar-refractivity contribution in [1.29, 1.82) is 0 Å². The molecule has 0 aliphatic carbocycles. The van der Waals surface area contributed by atoms with Crippen LogP contribution in [0.15, 0.2) is 5.16 Å². The summed E-state index contributed by atoms with van der Waals surface area (Å²) in [6, 6.07) is 0. The highest BCUT2D eigenvalue weighted by atomic mass is 16.6. The predicted octanol–water partition coefficient (Wildman–Crippen LogP) is 2.59. The van der Waals surface area contributed by atoms with Crippen LogP contribution >= 0.6 is 0 Å². The molecule has 0 amide bonds. The molecule has 0 unspecified atom stereocenters. The van der Waals surface area contributed by atoms with Crippen LogP contribution in [0.5, 0.6) is 0 Å². The Morgan fingerprint density at radius 2 is 1.77 bits per heavy atom. The van der Waals surface area contributed by atoms with Gasteiger partial charge in [0.1, 0.15) is 7.11 Å². The lowest BCUT2D eigenvalue weighted by Crippen LogP contribution is -2.15. The number of oxime groups is 1. The third-order valence-electron chi connectivity index (χ3n) is 1.62. The molecule has 0 aromatic rings. The summed E-state index contributed by atoms with van der Waals surface area (Å²) in [5.74, 6) is 0. The number of aliphatic hydroxyl groups is 1. The zero-order chi connectivity index (χ0) is 10.9. The topological polar surface area (TPSA) is 41.8 Å². The van der Waals surface area contributed by atoms with Crippen molar-refractivity contribution in [2.45, 2.75) is 53.1 Å². The molecule has 0 radical (unpaired) electrons. The molecule has 0 aromatic heterocycles. The fourth-order valence-corrected chi connectivity index (χ4v) is 0.220. The van der Waals surface area contributed by atoms with Gasteiger partial charge in [-0.2, -0.15) is 0 Å². The molecule has 1 N–H and O–H groups in total. The van der Waals surface area contributed by atoms with E-state index < -0.39 is 5.60 Å². The van der Waals surface area contributed by atoms with Gasteiger partial charge in [-0.25, -0.2) is 0 Å². The highest BCUT2D eigenvalue weighted by Gasteiger charge is 2.05. The first kappa shape index (κ1) is 14.9. The highest BCUT2D eigenvalue weighted by Crippen LogP contribution is 2.03. The van der Waals surface area contributed by atoms with Crippen LogP contribution in [0.2, 0.25) is 0 Å². The van der Waals surface area contributed by atoms with Crippen LogP contribution in [0, 0.1) is 0 Å². The monoisotopic (exact) mass is 189 g/mol. The Morgan fingerprint density at radius 1 is 1.38 bits per heavy atom. The zero-order valence-corrected chi connectivity index (χ0v) is 9.72. The third-order valence-corrected chi connectivity index (χ3v) is 1.62. The lowest BCUT2D eigenvalue weighted by molar-refractivity contribution is 0.0765. The molecule has 0 saturated heterocycles. The normalized spacial score (nSPS) is 11.8. The van der Waals surface area contributed by atoms with Crippen LogP contribution in [0.25, 0.3) is 0 Å². The summed E-state index contributed by atoms with van der Waals surface area (Å²) in [4.78, 5) is 4.48. The van der Waals surface area contributed by atoms with Crippen molar-refractivity contribution >= 4 is 5.71 Å². The van der Waals surface area contributed by atoms with Gasteiger partial charge in [0.15, 0.2) is 0 Å². The van der Waals surface area contributed by atoms with Gasteiger partial charge in [0, 0.05) is 0 Å². The Labute approximate surface area is 81.8 Å². The first-order valence-electron chi connectivity index (χ1n) is 4.66. The molecule has 0 rings (SSSR count). The molecule has 0 heterocycles. The first-order chi connectivity index (χ1) is 5.87. The molecule has 0 aliphatic rings. The summed E-state index contributed by atoms with van der Waals surface area (Å²) in [5, 5.41) is 12.5. The second-order valence-corrected chi connectivity index (χ2v) is 3.53. The molecule has 13 heavy (non-hydrogen) atoms. The van der Waals surface area contributed by atoms with Gasteiger partial charge in [-0.05, 0) is 33.6 Å². The van der Waals surface area contributed by atoms with Gasteiger partial charge in [-0.1, -0.05) is 19.0 Å². The summed E-state index contributed by atoms with van der Waals surface area (Å²) < 4.78 is 0. The van der Waals surface area contributed by atoms with Gasteiger partial charge in [-0.15, -0.1) is 0 Å². The Kier molecular flexibility index (Phi) is 9.24. The summed E-state index contributed by atoms with van der Waals surface area (Å²) in [6.07, 6.45) is 1.79. The standard InChI is InChI=1S/C5H11NO.C5H12O/c1-4-5(2)6-7-3;1-4-5(2,3)6/h4H2,1-3H3;6H,4H2,1-3H3/b6-5+;. The largest absolute Gasteiger partial charge is 0.399 e. The fourth-order valence-electron chi connectivity index (χ4n) is 0.220. The Balaban J connectivity index is 0. The van der Waals surface area contributed by atoms with E-state index in [0.717, 1.165) is 18.6 Å². The quantitative estimate of drug-likeness (QED) is 0.547. The lowest BCUT2D eigenvalue weighted by Gasteiger charge is -2.11. The number of hydrogen-bond acceptors (Lipinski definition) is 3. The van der Waals surface area contributed by atoms with Crippen LogP contribution in [-0.4, -0.2) is 23.5 Å². The van der Waals surface area contributed by atoms with Crippen molar-refractivity contribution in [3.05, 3.63) is 0 Å². The smallest absolute Gasteiger partial charge is 0.106 e. The maximum Gasteiger partial charge on any atom is 0.106 e. The Bertz CT molecular complexity index is 136. The fraction of sp³-hybridized carbons (Fsp3) is 0.900. The van der Waals surface area contributed by atoms with Crippen LogP contribution in [0.4, 0.5) is 0 Å². The summed E-state index contributed by atoms with van der Waals surface area (Å²) in [7, 11) is 1.55. The molecule has 0 saturated carbocycles. The Morgan fingerprint density at radius 3 is 1.85 bits per heavy atom. The van der Waals surface area contributed by atoms with E-state index in [1.165, 1.54) is 0 Å². The van der Waals surface area contributed by atoms with Gasteiger partial charge in [0.2, 0.25) is 0 Å². The molecule has 0 bridgehead atoms. The van der Waals surface area contributed by atoms with Crippen molar-refractivity contribution in [2.24, 2.45) is 5.16 Å². The average molecular weight is 189 g/mol. The van der Waals surface area contributed by atoms with Crippen molar-refractivity contribution in [3.63, 3.8) is 0 Å². The van der Waals surface area contributed by atoms with E-state index in [4.69, 9.17) is 5.11 Å². The molecule has 0 aliphatic heterocycles. The Hall–Kier alpha value is -0.570. The summed E-state index contributed by atoms with van der Waals surface area (Å²) in [5.41, 5.74) is 0.572. The summed E-state index contributed by atoms with van der Waals surface area (Å²) in [6.45, 7) is 9.53. The van der Waals surface area contributed by atoms with Crippen molar-refractivity contribution in [1.82, 2.24) is 0 Å². The molecule has 3 heteroatoms. The molecule has 80 valence electrons. The van der Waals surface area contributed by atoms with Crippen LogP contribution in [0.1, 0.15) is 47.5 Å². The van der Waals surface area contributed by atoms with Crippen LogP contribution in [-0.2, 0) is 4.84 Å². The highest BCUT2D eigenvalue weighted by molar-refractivity contribution is 5.80. The molecular formula is C10H23NO2. The van der Waals surface area contributed by atoms with Crippen molar-refractivity contribution in [3.8, 4) is 0 Å². The minimum atomic E-state index is -0.458. The van der Waals surface area contributed by atoms with Gasteiger partial charge in [0.05, 0.1) is 11.3 Å². The molecular weight excluding hydrogens is 166 g/mol. The van der Waals surface area contributed by atoms with E-state index in [-0.39, 0.29) is 0 Å².